The molecule has 0 saturated carbocycles. The standard InChI is InChI=1S/C18H21ClN4O2/c1-13-2-4-15(5-3-13)21-17(24)12-22-6-8-23(9-7-22)18(25)16-10-14(19)11-20-16/h2-5,10-11,20H,6-9,12H2,1H3,(H,21,24). The largest absolute Gasteiger partial charge is 0.356 e. The van der Waals surface area contributed by atoms with E-state index < -0.39 is 0 Å². The molecule has 1 saturated heterocycles. The Kier molecular flexibility index (Phi) is 5.40. The van der Waals surface area contributed by atoms with Gasteiger partial charge in [-0.25, -0.2) is 0 Å². The van der Waals surface area contributed by atoms with Crippen molar-refractivity contribution in [2.24, 2.45) is 0 Å². The van der Waals surface area contributed by atoms with E-state index in [4.69, 9.17) is 11.6 Å². The van der Waals surface area contributed by atoms with E-state index in [0.29, 0.717) is 43.4 Å². The van der Waals surface area contributed by atoms with Gasteiger partial charge in [0.05, 0.1) is 11.6 Å². The third-order valence-corrected chi connectivity index (χ3v) is 4.46. The number of carbonyl (C=O) groups is 2. The number of benzene rings is 1. The van der Waals surface area contributed by atoms with Gasteiger partial charge in [-0.15, -0.1) is 0 Å². The average molecular weight is 361 g/mol. The number of carbonyl (C=O) groups excluding carboxylic acids is 2. The summed E-state index contributed by atoms with van der Waals surface area (Å²) in [6.07, 6.45) is 1.60. The van der Waals surface area contributed by atoms with E-state index in [2.05, 4.69) is 15.2 Å². The van der Waals surface area contributed by atoms with E-state index in [0.717, 1.165) is 11.3 Å². The van der Waals surface area contributed by atoms with E-state index in [1.165, 1.54) is 0 Å². The maximum atomic E-state index is 12.3. The molecule has 0 bridgehead atoms. The van der Waals surface area contributed by atoms with Crippen molar-refractivity contribution in [1.82, 2.24) is 14.8 Å². The number of amides is 2. The van der Waals surface area contributed by atoms with Gasteiger partial charge in [-0.2, -0.15) is 0 Å². The van der Waals surface area contributed by atoms with E-state index in [1.54, 1.807) is 17.2 Å². The Hall–Kier alpha value is -2.31. The number of hydrogen-bond acceptors (Lipinski definition) is 3. The predicted octanol–water partition coefficient (Wildman–Crippen LogP) is 2.37. The molecule has 0 aliphatic carbocycles. The van der Waals surface area contributed by atoms with Crippen LogP contribution in [-0.2, 0) is 4.79 Å². The van der Waals surface area contributed by atoms with Crippen LogP contribution in [-0.4, -0.2) is 59.3 Å². The molecule has 1 fully saturated rings. The molecule has 0 spiro atoms. The van der Waals surface area contributed by atoms with Crippen molar-refractivity contribution in [3.05, 3.63) is 52.8 Å². The molecule has 2 N–H and O–H groups in total. The summed E-state index contributed by atoms with van der Waals surface area (Å²) in [7, 11) is 0. The SMILES string of the molecule is Cc1ccc(NC(=O)CN2CCN(C(=O)c3cc(Cl)c[nH]3)CC2)cc1. The van der Waals surface area contributed by atoms with Crippen LogP contribution in [0.3, 0.4) is 0 Å². The lowest BCUT2D eigenvalue weighted by Crippen LogP contribution is -2.50. The van der Waals surface area contributed by atoms with Crippen LogP contribution >= 0.6 is 11.6 Å². The van der Waals surface area contributed by atoms with Gasteiger partial charge in [0, 0.05) is 38.1 Å². The minimum Gasteiger partial charge on any atom is -0.356 e. The average Bonchev–Trinajstić information content (AvgIpc) is 3.03. The Morgan fingerprint density at radius 1 is 1.16 bits per heavy atom. The van der Waals surface area contributed by atoms with Crippen LogP contribution in [0.25, 0.3) is 0 Å². The van der Waals surface area contributed by atoms with Gasteiger partial charge in [0.2, 0.25) is 5.91 Å². The maximum Gasteiger partial charge on any atom is 0.270 e. The third-order valence-electron chi connectivity index (χ3n) is 4.24. The number of halogens is 1. The summed E-state index contributed by atoms with van der Waals surface area (Å²) in [5.74, 6) is -0.101. The zero-order chi connectivity index (χ0) is 17.8. The van der Waals surface area contributed by atoms with Crippen molar-refractivity contribution in [3.63, 3.8) is 0 Å². The van der Waals surface area contributed by atoms with E-state index in [9.17, 15) is 9.59 Å². The fourth-order valence-corrected chi connectivity index (χ4v) is 2.97. The van der Waals surface area contributed by atoms with Gasteiger partial charge < -0.3 is 15.2 Å². The molecule has 6 nitrogen and oxygen atoms in total. The molecule has 1 aromatic heterocycles. The third kappa shape index (κ3) is 4.61. The molecule has 132 valence electrons. The second-order valence-electron chi connectivity index (χ2n) is 6.21. The van der Waals surface area contributed by atoms with Crippen molar-refractivity contribution >= 4 is 29.1 Å². The Bertz CT molecular complexity index is 749. The van der Waals surface area contributed by atoms with Crippen LogP contribution in [0, 0.1) is 6.92 Å². The van der Waals surface area contributed by atoms with Crippen LogP contribution in [0.4, 0.5) is 5.69 Å². The van der Waals surface area contributed by atoms with Crippen molar-refractivity contribution < 1.29 is 9.59 Å². The summed E-state index contributed by atoms with van der Waals surface area (Å²) < 4.78 is 0. The number of aryl methyl sites for hydroxylation is 1. The molecule has 2 heterocycles. The summed E-state index contributed by atoms with van der Waals surface area (Å²) in [6.45, 7) is 4.85. The monoisotopic (exact) mass is 360 g/mol. The lowest BCUT2D eigenvalue weighted by molar-refractivity contribution is -0.117. The fraction of sp³-hybridized carbons (Fsp3) is 0.333. The smallest absolute Gasteiger partial charge is 0.270 e. The zero-order valence-electron chi connectivity index (χ0n) is 14.1. The molecule has 1 aliphatic rings. The number of aromatic amines is 1. The van der Waals surface area contributed by atoms with Gasteiger partial charge in [-0.3, -0.25) is 14.5 Å². The van der Waals surface area contributed by atoms with Gasteiger partial charge in [0.1, 0.15) is 5.69 Å². The second-order valence-corrected chi connectivity index (χ2v) is 6.65. The molecular formula is C18H21ClN4O2. The Morgan fingerprint density at radius 3 is 2.44 bits per heavy atom. The van der Waals surface area contributed by atoms with Crippen LogP contribution in [0.2, 0.25) is 5.02 Å². The number of nitrogens with one attached hydrogen (secondary N) is 2. The number of aromatic nitrogens is 1. The summed E-state index contributed by atoms with van der Waals surface area (Å²) >= 11 is 5.84. The van der Waals surface area contributed by atoms with Gasteiger partial charge >= 0.3 is 0 Å². The lowest BCUT2D eigenvalue weighted by atomic mass is 10.2. The Morgan fingerprint density at radius 2 is 1.84 bits per heavy atom. The first-order valence-corrected chi connectivity index (χ1v) is 8.61. The summed E-state index contributed by atoms with van der Waals surface area (Å²) in [6, 6.07) is 9.35. The summed E-state index contributed by atoms with van der Waals surface area (Å²) in [5, 5.41) is 3.42. The van der Waals surface area contributed by atoms with Crippen molar-refractivity contribution in [3.8, 4) is 0 Å². The van der Waals surface area contributed by atoms with E-state index >= 15 is 0 Å². The number of nitrogens with zero attached hydrogens (tertiary/aromatic N) is 2. The van der Waals surface area contributed by atoms with Crippen molar-refractivity contribution in [2.75, 3.05) is 38.0 Å². The lowest BCUT2D eigenvalue weighted by Gasteiger charge is -2.34. The first kappa shape index (κ1) is 17.5. The highest BCUT2D eigenvalue weighted by atomic mass is 35.5. The maximum absolute atomic E-state index is 12.3. The van der Waals surface area contributed by atoms with Crippen molar-refractivity contribution in [1.29, 1.82) is 0 Å². The molecule has 3 rings (SSSR count). The highest BCUT2D eigenvalue weighted by Gasteiger charge is 2.24. The first-order valence-electron chi connectivity index (χ1n) is 8.23. The molecule has 2 amide bonds. The summed E-state index contributed by atoms with van der Waals surface area (Å²) in [4.78, 5) is 31.2. The van der Waals surface area contributed by atoms with Crippen molar-refractivity contribution in [2.45, 2.75) is 6.92 Å². The Balaban J connectivity index is 1.46. The predicted molar refractivity (Wildman–Crippen MR) is 98.0 cm³/mol. The molecule has 1 aromatic carbocycles. The number of H-pyrrole nitrogens is 1. The van der Waals surface area contributed by atoms with E-state index in [-0.39, 0.29) is 11.8 Å². The number of hydrogen-bond donors (Lipinski definition) is 2. The molecule has 7 heteroatoms. The number of rotatable bonds is 4. The molecule has 0 radical (unpaired) electrons. The molecule has 25 heavy (non-hydrogen) atoms. The minimum absolute atomic E-state index is 0.0419. The second kappa shape index (κ2) is 7.72. The molecular weight excluding hydrogens is 340 g/mol. The first-order chi connectivity index (χ1) is 12.0. The Labute approximate surface area is 151 Å². The van der Waals surface area contributed by atoms with E-state index in [1.807, 2.05) is 31.2 Å². The highest BCUT2D eigenvalue weighted by molar-refractivity contribution is 6.30. The number of anilines is 1. The number of piperazine rings is 1. The molecule has 2 aromatic rings. The van der Waals surface area contributed by atoms with Gasteiger partial charge in [0.25, 0.3) is 5.91 Å². The fourth-order valence-electron chi connectivity index (χ4n) is 2.81. The molecule has 1 aliphatic heterocycles. The van der Waals surface area contributed by atoms with Crippen LogP contribution in [0.15, 0.2) is 36.5 Å². The molecule has 0 atom stereocenters. The minimum atomic E-state index is -0.0596. The van der Waals surface area contributed by atoms with Crippen LogP contribution in [0.1, 0.15) is 16.1 Å². The highest BCUT2D eigenvalue weighted by Crippen LogP contribution is 2.13. The molecule has 0 unspecified atom stereocenters. The topological polar surface area (TPSA) is 68.4 Å². The summed E-state index contributed by atoms with van der Waals surface area (Å²) in [5.41, 5.74) is 2.45. The van der Waals surface area contributed by atoms with Crippen LogP contribution < -0.4 is 5.32 Å². The van der Waals surface area contributed by atoms with Crippen LogP contribution in [0.5, 0.6) is 0 Å². The zero-order valence-corrected chi connectivity index (χ0v) is 14.8. The van der Waals surface area contributed by atoms with Gasteiger partial charge in [-0.05, 0) is 25.1 Å². The van der Waals surface area contributed by atoms with Gasteiger partial charge in [0.15, 0.2) is 0 Å². The normalized spacial score (nSPS) is 15.2. The quantitative estimate of drug-likeness (QED) is 0.879. The van der Waals surface area contributed by atoms with Gasteiger partial charge in [-0.1, -0.05) is 29.3 Å².